The van der Waals surface area contributed by atoms with Gasteiger partial charge in [0.25, 0.3) is 0 Å². The molecule has 146 valence electrons. The molecule has 0 aliphatic rings. The van der Waals surface area contributed by atoms with Gasteiger partial charge in [-0.3, -0.25) is 9.69 Å². The summed E-state index contributed by atoms with van der Waals surface area (Å²) in [4.78, 5) is 14.1. The second-order valence-electron chi connectivity index (χ2n) is 7.30. The molecule has 0 aliphatic heterocycles. The van der Waals surface area contributed by atoms with Crippen molar-refractivity contribution < 1.29 is 14.6 Å². The Bertz CT molecular complexity index is 749. The van der Waals surface area contributed by atoms with Gasteiger partial charge < -0.3 is 15.2 Å². The Labute approximate surface area is 162 Å². The lowest BCUT2D eigenvalue weighted by Gasteiger charge is -2.21. The van der Waals surface area contributed by atoms with Gasteiger partial charge in [0, 0.05) is 12.2 Å². The molecule has 2 N–H and O–H groups in total. The molecule has 5 heteroatoms. The van der Waals surface area contributed by atoms with Crippen molar-refractivity contribution in [3.8, 4) is 5.75 Å². The van der Waals surface area contributed by atoms with Crippen molar-refractivity contribution in [2.24, 2.45) is 0 Å². The Morgan fingerprint density at radius 1 is 1.11 bits per heavy atom. The van der Waals surface area contributed by atoms with Gasteiger partial charge in [0.1, 0.15) is 18.5 Å². The summed E-state index contributed by atoms with van der Waals surface area (Å²) in [6, 6.07) is 11.9. The molecule has 0 heterocycles. The van der Waals surface area contributed by atoms with Crippen LogP contribution in [0, 0.1) is 27.7 Å². The lowest BCUT2D eigenvalue weighted by Crippen LogP contribution is -2.38. The third-order valence-corrected chi connectivity index (χ3v) is 4.32. The highest BCUT2D eigenvalue weighted by molar-refractivity contribution is 5.93. The molecule has 1 atom stereocenters. The average Bonchev–Trinajstić information content (AvgIpc) is 2.55. The summed E-state index contributed by atoms with van der Waals surface area (Å²) in [7, 11) is 1.81. The molecule has 0 aromatic heterocycles. The highest BCUT2D eigenvalue weighted by atomic mass is 16.5. The number of aryl methyl sites for hydroxylation is 4. The van der Waals surface area contributed by atoms with Crippen molar-refractivity contribution in [1.82, 2.24) is 4.90 Å². The van der Waals surface area contributed by atoms with Crippen molar-refractivity contribution >= 4 is 11.6 Å². The van der Waals surface area contributed by atoms with Crippen molar-refractivity contribution in [3.05, 3.63) is 58.7 Å². The summed E-state index contributed by atoms with van der Waals surface area (Å²) in [5, 5.41) is 13.2. The van der Waals surface area contributed by atoms with Gasteiger partial charge in [0.15, 0.2) is 0 Å². The number of para-hydroxylation sites is 1. The van der Waals surface area contributed by atoms with E-state index in [-0.39, 0.29) is 19.1 Å². The lowest BCUT2D eigenvalue weighted by atomic mass is 10.1. The summed E-state index contributed by atoms with van der Waals surface area (Å²) >= 11 is 0. The average molecular weight is 370 g/mol. The number of aliphatic hydroxyl groups is 1. The van der Waals surface area contributed by atoms with Crippen LogP contribution in [0.2, 0.25) is 0 Å². The molecule has 2 rings (SSSR count). The Morgan fingerprint density at radius 2 is 1.70 bits per heavy atom. The first kappa shape index (κ1) is 20.9. The first-order valence-corrected chi connectivity index (χ1v) is 9.18. The fourth-order valence-corrected chi connectivity index (χ4v) is 3.12. The fraction of sp³-hybridized carbons (Fsp3) is 0.409. The quantitative estimate of drug-likeness (QED) is 0.749. The van der Waals surface area contributed by atoms with Crippen LogP contribution in [0.25, 0.3) is 0 Å². The zero-order valence-electron chi connectivity index (χ0n) is 16.9. The highest BCUT2D eigenvalue weighted by Gasteiger charge is 2.14. The number of anilines is 1. The van der Waals surface area contributed by atoms with Crippen LogP contribution in [-0.4, -0.2) is 48.8 Å². The molecule has 27 heavy (non-hydrogen) atoms. The van der Waals surface area contributed by atoms with Crippen molar-refractivity contribution in [2.45, 2.75) is 33.8 Å². The minimum absolute atomic E-state index is 0.0997. The van der Waals surface area contributed by atoms with Crippen molar-refractivity contribution in [2.75, 3.05) is 32.1 Å². The van der Waals surface area contributed by atoms with Crippen LogP contribution in [0.1, 0.15) is 22.3 Å². The Morgan fingerprint density at radius 3 is 2.30 bits per heavy atom. The van der Waals surface area contributed by atoms with Gasteiger partial charge in [0.2, 0.25) is 5.91 Å². The van der Waals surface area contributed by atoms with E-state index in [9.17, 15) is 9.90 Å². The van der Waals surface area contributed by atoms with Crippen LogP contribution in [0.15, 0.2) is 36.4 Å². The van der Waals surface area contributed by atoms with Crippen LogP contribution in [0.4, 0.5) is 5.69 Å². The number of benzene rings is 2. The number of amides is 1. The number of ether oxygens (including phenoxy) is 1. The molecule has 0 spiro atoms. The Kier molecular flexibility index (Phi) is 7.39. The van der Waals surface area contributed by atoms with E-state index in [2.05, 4.69) is 11.4 Å². The Hall–Kier alpha value is -2.37. The molecule has 2 aromatic carbocycles. The summed E-state index contributed by atoms with van der Waals surface area (Å²) in [6.45, 7) is 8.71. The predicted molar refractivity (Wildman–Crippen MR) is 109 cm³/mol. The van der Waals surface area contributed by atoms with E-state index >= 15 is 0 Å². The molecule has 0 saturated carbocycles. The SMILES string of the molecule is Cc1cc(C)cc(OC[C@@H](O)CN(C)CC(=O)Nc2c(C)cccc2C)c1. The van der Waals surface area contributed by atoms with E-state index in [4.69, 9.17) is 4.74 Å². The standard InChI is InChI=1S/C22H30N2O3/c1-15-9-16(2)11-20(10-15)27-14-19(25)12-24(5)13-21(26)23-22-17(3)7-6-8-18(22)4/h6-11,19,25H,12-14H2,1-5H3,(H,23,26)/t19-/m0/s1. The maximum atomic E-state index is 12.3. The van der Waals surface area contributed by atoms with Crippen molar-refractivity contribution in [3.63, 3.8) is 0 Å². The number of rotatable bonds is 8. The molecular weight excluding hydrogens is 340 g/mol. The van der Waals surface area contributed by atoms with Crippen LogP contribution in [0.3, 0.4) is 0 Å². The lowest BCUT2D eigenvalue weighted by molar-refractivity contribution is -0.117. The number of likely N-dealkylation sites (N-methyl/N-ethyl adjacent to an activating group) is 1. The van der Waals surface area contributed by atoms with Crippen LogP contribution in [-0.2, 0) is 4.79 Å². The van der Waals surface area contributed by atoms with Gasteiger partial charge in [0.05, 0.1) is 6.54 Å². The molecule has 5 nitrogen and oxygen atoms in total. The molecule has 0 bridgehead atoms. The van der Waals surface area contributed by atoms with Gasteiger partial charge >= 0.3 is 0 Å². The van der Waals surface area contributed by atoms with E-state index < -0.39 is 6.10 Å². The van der Waals surface area contributed by atoms with Gasteiger partial charge in [-0.25, -0.2) is 0 Å². The zero-order chi connectivity index (χ0) is 20.0. The number of hydrogen-bond donors (Lipinski definition) is 2. The van der Waals surface area contributed by atoms with Crippen LogP contribution < -0.4 is 10.1 Å². The molecule has 0 saturated heterocycles. The molecule has 0 fully saturated rings. The number of aliphatic hydroxyl groups excluding tert-OH is 1. The molecule has 0 unspecified atom stereocenters. The summed E-state index contributed by atoms with van der Waals surface area (Å²) in [5.41, 5.74) is 5.18. The van der Waals surface area contributed by atoms with E-state index in [1.165, 1.54) is 0 Å². The maximum absolute atomic E-state index is 12.3. The normalized spacial score (nSPS) is 12.1. The largest absolute Gasteiger partial charge is 0.491 e. The first-order valence-electron chi connectivity index (χ1n) is 9.18. The van der Waals surface area contributed by atoms with Crippen molar-refractivity contribution in [1.29, 1.82) is 0 Å². The summed E-state index contributed by atoms with van der Waals surface area (Å²) in [5.74, 6) is 0.652. The smallest absolute Gasteiger partial charge is 0.238 e. The van der Waals surface area contributed by atoms with Gasteiger partial charge in [-0.15, -0.1) is 0 Å². The number of nitrogens with zero attached hydrogens (tertiary/aromatic N) is 1. The summed E-state index contributed by atoms with van der Waals surface area (Å²) < 4.78 is 5.69. The molecule has 0 aliphatic carbocycles. The third kappa shape index (κ3) is 6.70. The third-order valence-electron chi connectivity index (χ3n) is 4.32. The number of nitrogens with one attached hydrogen (secondary N) is 1. The number of carbonyl (C=O) groups excluding carboxylic acids is 1. The molecule has 2 aromatic rings. The number of carbonyl (C=O) groups is 1. The monoisotopic (exact) mass is 370 g/mol. The molecular formula is C22H30N2O3. The minimum atomic E-state index is -0.677. The molecule has 0 radical (unpaired) electrons. The van der Waals surface area contributed by atoms with Crippen LogP contribution >= 0.6 is 0 Å². The highest BCUT2D eigenvalue weighted by Crippen LogP contribution is 2.19. The minimum Gasteiger partial charge on any atom is -0.491 e. The maximum Gasteiger partial charge on any atom is 0.238 e. The molecule has 1 amide bonds. The predicted octanol–water partition coefficient (Wildman–Crippen LogP) is 3.23. The fourth-order valence-electron chi connectivity index (χ4n) is 3.12. The van der Waals surface area contributed by atoms with E-state index in [0.29, 0.717) is 6.54 Å². The second kappa shape index (κ2) is 9.53. The van der Waals surface area contributed by atoms with E-state index in [1.54, 1.807) is 4.90 Å². The number of hydrogen-bond acceptors (Lipinski definition) is 4. The first-order chi connectivity index (χ1) is 12.7. The van der Waals surface area contributed by atoms with E-state index in [1.807, 2.05) is 65.1 Å². The van der Waals surface area contributed by atoms with Gasteiger partial charge in [-0.05, 0) is 69.1 Å². The van der Waals surface area contributed by atoms with E-state index in [0.717, 1.165) is 33.7 Å². The second-order valence-corrected chi connectivity index (χ2v) is 7.30. The summed E-state index contributed by atoms with van der Waals surface area (Å²) in [6.07, 6.45) is -0.677. The Balaban J connectivity index is 1.80. The van der Waals surface area contributed by atoms with Gasteiger partial charge in [-0.2, -0.15) is 0 Å². The topological polar surface area (TPSA) is 61.8 Å². The van der Waals surface area contributed by atoms with Gasteiger partial charge in [-0.1, -0.05) is 24.3 Å². The zero-order valence-corrected chi connectivity index (χ0v) is 16.9. The van der Waals surface area contributed by atoms with Crippen LogP contribution in [0.5, 0.6) is 5.75 Å².